The van der Waals surface area contributed by atoms with Crippen LogP contribution in [-0.2, 0) is 0 Å². The maximum absolute atomic E-state index is 12.2. The Labute approximate surface area is 133 Å². The largest absolute Gasteiger partial charge is 0.424 e. The summed E-state index contributed by atoms with van der Waals surface area (Å²) in [4.78, 5) is 24.4. The van der Waals surface area contributed by atoms with E-state index in [2.05, 4.69) is 20.3 Å². The molecule has 0 fully saturated rings. The van der Waals surface area contributed by atoms with Crippen molar-refractivity contribution >= 4 is 11.6 Å². The Kier molecular flexibility index (Phi) is 4.24. The van der Waals surface area contributed by atoms with Gasteiger partial charge in [-0.05, 0) is 37.3 Å². The van der Waals surface area contributed by atoms with E-state index in [0.717, 1.165) is 5.69 Å². The van der Waals surface area contributed by atoms with Gasteiger partial charge in [-0.2, -0.15) is 0 Å². The van der Waals surface area contributed by atoms with Crippen molar-refractivity contribution in [1.82, 2.24) is 15.0 Å². The molecule has 0 radical (unpaired) electrons. The molecule has 3 rings (SSSR count). The number of amides is 1. The molecular formula is C17H14N4O2. The highest BCUT2D eigenvalue weighted by Gasteiger charge is 2.08. The van der Waals surface area contributed by atoms with Crippen LogP contribution < -0.4 is 10.1 Å². The molecule has 0 saturated carbocycles. The second kappa shape index (κ2) is 6.65. The monoisotopic (exact) mass is 306 g/mol. The first-order valence-corrected chi connectivity index (χ1v) is 7.01. The van der Waals surface area contributed by atoms with Gasteiger partial charge in [0, 0.05) is 29.8 Å². The van der Waals surface area contributed by atoms with Gasteiger partial charge in [-0.25, -0.2) is 15.0 Å². The molecule has 23 heavy (non-hydrogen) atoms. The van der Waals surface area contributed by atoms with E-state index in [9.17, 15) is 4.79 Å². The number of hydrogen-bond donors (Lipinski definition) is 1. The minimum absolute atomic E-state index is 0.247. The van der Waals surface area contributed by atoms with Gasteiger partial charge < -0.3 is 10.1 Å². The Hall–Kier alpha value is -3.28. The van der Waals surface area contributed by atoms with Crippen LogP contribution >= 0.6 is 0 Å². The van der Waals surface area contributed by atoms with Gasteiger partial charge in [0.2, 0.25) is 0 Å². The van der Waals surface area contributed by atoms with Gasteiger partial charge in [0.15, 0.2) is 0 Å². The maximum atomic E-state index is 12.2. The lowest BCUT2D eigenvalue weighted by Gasteiger charge is -2.08. The number of pyridine rings is 1. The lowest BCUT2D eigenvalue weighted by Crippen LogP contribution is -2.13. The average molecular weight is 306 g/mol. The number of benzene rings is 1. The molecule has 0 spiro atoms. The van der Waals surface area contributed by atoms with Crippen LogP contribution in [0, 0.1) is 6.92 Å². The van der Waals surface area contributed by atoms with Gasteiger partial charge in [-0.3, -0.25) is 4.79 Å². The molecule has 0 aliphatic rings. The molecule has 1 N–H and O–H groups in total. The maximum Gasteiger partial charge on any atom is 0.321 e. The number of carbonyl (C=O) groups is 1. The summed E-state index contributed by atoms with van der Waals surface area (Å²) in [5, 5.41) is 2.79. The molecule has 6 nitrogen and oxygen atoms in total. The lowest BCUT2D eigenvalue weighted by molar-refractivity contribution is 0.102. The van der Waals surface area contributed by atoms with Gasteiger partial charge in [-0.15, -0.1) is 0 Å². The number of hydrogen-bond acceptors (Lipinski definition) is 5. The SMILES string of the molecule is Cc1cccc(C(=O)Nc2cccc(Oc3ncccn3)c2)n1. The average Bonchev–Trinajstić information content (AvgIpc) is 2.56. The van der Waals surface area contributed by atoms with Crippen LogP contribution in [0.4, 0.5) is 5.69 Å². The molecule has 2 heterocycles. The summed E-state index contributed by atoms with van der Waals surface area (Å²) in [6.07, 6.45) is 3.19. The summed E-state index contributed by atoms with van der Waals surface area (Å²) in [6.45, 7) is 1.84. The van der Waals surface area contributed by atoms with E-state index in [4.69, 9.17) is 4.74 Å². The van der Waals surface area contributed by atoms with Crippen LogP contribution in [-0.4, -0.2) is 20.9 Å². The van der Waals surface area contributed by atoms with Crippen molar-refractivity contribution in [2.45, 2.75) is 6.92 Å². The second-order valence-electron chi connectivity index (χ2n) is 4.78. The summed E-state index contributed by atoms with van der Waals surface area (Å²) < 4.78 is 5.54. The number of aryl methyl sites for hydroxylation is 1. The number of carbonyl (C=O) groups excluding carboxylic acids is 1. The molecule has 0 atom stereocenters. The number of ether oxygens (including phenoxy) is 1. The van der Waals surface area contributed by atoms with E-state index >= 15 is 0 Å². The number of nitrogens with zero attached hydrogens (tertiary/aromatic N) is 3. The van der Waals surface area contributed by atoms with E-state index in [-0.39, 0.29) is 11.9 Å². The van der Waals surface area contributed by atoms with Crippen LogP contribution in [0.3, 0.4) is 0 Å². The van der Waals surface area contributed by atoms with E-state index < -0.39 is 0 Å². The number of rotatable bonds is 4. The Balaban J connectivity index is 1.74. The van der Waals surface area contributed by atoms with E-state index in [0.29, 0.717) is 17.1 Å². The quantitative estimate of drug-likeness (QED) is 0.800. The molecular weight excluding hydrogens is 292 g/mol. The van der Waals surface area contributed by atoms with Gasteiger partial charge in [0.1, 0.15) is 11.4 Å². The molecule has 1 aromatic carbocycles. The van der Waals surface area contributed by atoms with E-state index in [1.165, 1.54) is 0 Å². The number of anilines is 1. The summed E-state index contributed by atoms with van der Waals surface area (Å²) >= 11 is 0. The van der Waals surface area contributed by atoms with Crippen molar-refractivity contribution in [2.24, 2.45) is 0 Å². The summed E-state index contributed by atoms with van der Waals surface area (Å²) in [5.41, 5.74) is 1.76. The molecule has 114 valence electrons. The summed E-state index contributed by atoms with van der Waals surface area (Å²) in [5.74, 6) is 0.257. The highest BCUT2D eigenvalue weighted by molar-refractivity contribution is 6.02. The Bertz CT molecular complexity index is 822. The van der Waals surface area contributed by atoms with Crippen LogP contribution in [0.15, 0.2) is 60.9 Å². The topological polar surface area (TPSA) is 77.0 Å². The number of aromatic nitrogens is 3. The van der Waals surface area contributed by atoms with Crippen molar-refractivity contribution in [3.63, 3.8) is 0 Å². The first-order chi connectivity index (χ1) is 11.2. The minimum Gasteiger partial charge on any atom is -0.424 e. The zero-order valence-corrected chi connectivity index (χ0v) is 12.4. The van der Waals surface area contributed by atoms with Crippen LogP contribution in [0.2, 0.25) is 0 Å². The van der Waals surface area contributed by atoms with Crippen molar-refractivity contribution < 1.29 is 9.53 Å². The van der Waals surface area contributed by atoms with Gasteiger partial charge in [0.25, 0.3) is 5.91 Å². The first-order valence-electron chi connectivity index (χ1n) is 7.01. The third kappa shape index (κ3) is 3.88. The molecule has 0 saturated heterocycles. The zero-order valence-electron chi connectivity index (χ0n) is 12.4. The standard InChI is InChI=1S/C17H14N4O2/c1-12-5-2-8-15(20-12)16(22)21-13-6-3-7-14(11-13)23-17-18-9-4-10-19-17/h2-11H,1H3,(H,21,22). The Morgan fingerprint density at radius 3 is 2.61 bits per heavy atom. The lowest BCUT2D eigenvalue weighted by atomic mass is 10.2. The van der Waals surface area contributed by atoms with E-state index in [1.54, 1.807) is 54.9 Å². The van der Waals surface area contributed by atoms with Crippen molar-refractivity contribution in [1.29, 1.82) is 0 Å². The fourth-order valence-electron chi connectivity index (χ4n) is 1.95. The molecule has 6 heteroatoms. The van der Waals surface area contributed by atoms with Gasteiger partial charge in [0.05, 0.1) is 0 Å². The fraction of sp³-hybridized carbons (Fsp3) is 0.0588. The summed E-state index contributed by atoms with van der Waals surface area (Å²) in [7, 11) is 0. The fourth-order valence-corrected chi connectivity index (χ4v) is 1.95. The molecule has 2 aromatic heterocycles. The van der Waals surface area contributed by atoms with Gasteiger partial charge in [-0.1, -0.05) is 12.1 Å². The van der Waals surface area contributed by atoms with Crippen molar-refractivity contribution in [3.05, 3.63) is 72.3 Å². The van der Waals surface area contributed by atoms with Crippen LogP contribution in [0.25, 0.3) is 0 Å². The molecule has 0 bridgehead atoms. The third-order valence-electron chi connectivity index (χ3n) is 2.96. The Morgan fingerprint density at radius 1 is 1.04 bits per heavy atom. The third-order valence-corrected chi connectivity index (χ3v) is 2.96. The smallest absolute Gasteiger partial charge is 0.321 e. The molecule has 3 aromatic rings. The van der Waals surface area contributed by atoms with Crippen LogP contribution in [0.5, 0.6) is 11.8 Å². The highest BCUT2D eigenvalue weighted by Crippen LogP contribution is 2.21. The minimum atomic E-state index is -0.276. The summed E-state index contributed by atoms with van der Waals surface area (Å²) in [6, 6.07) is 14.3. The predicted molar refractivity (Wildman–Crippen MR) is 85.5 cm³/mol. The van der Waals surface area contributed by atoms with Crippen molar-refractivity contribution in [2.75, 3.05) is 5.32 Å². The highest BCUT2D eigenvalue weighted by atomic mass is 16.5. The number of nitrogens with one attached hydrogen (secondary N) is 1. The second-order valence-corrected chi connectivity index (χ2v) is 4.78. The molecule has 0 unspecified atom stereocenters. The Morgan fingerprint density at radius 2 is 1.83 bits per heavy atom. The first kappa shape index (κ1) is 14.6. The van der Waals surface area contributed by atoms with Crippen LogP contribution in [0.1, 0.15) is 16.2 Å². The normalized spacial score (nSPS) is 10.1. The zero-order chi connectivity index (χ0) is 16.1. The van der Waals surface area contributed by atoms with Crippen molar-refractivity contribution in [3.8, 4) is 11.8 Å². The van der Waals surface area contributed by atoms with E-state index in [1.807, 2.05) is 13.0 Å². The molecule has 0 aliphatic carbocycles. The molecule has 0 aliphatic heterocycles. The van der Waals surface area contributed by atoms with Gasteiger partial charge >= 0.3 is 6.01 Å². The predicted octanol–water partition coefficient (Wildman–Crippen LogP) is 3.22. The molecule has 1 amide bonds.